The molecule has 1 aliphatic carbocycles. The van der Waals surface area contributed by atoms with Crippen LogP contribution in [0.5, 0.6) is 11.5 Å². The van der Waals surface area contributed by atoms with Gasteiger partial charge in [-0.1, -0.05) is 35.3 Å². The van der Waals surface area contributed by atoms with Crippen LogP contribution in [0, 0.1) is 0 Å². The number of methoxy groups -OCH3 is 2. The van der Waals surface area contributed by atoms with E-state index in [1.165, 1.54) is 4.68 Å². The summed E-state index contributed by atoms with van der Waals surface area (Å²) >= 11 is 13.1. The first-order chi connectivity index (χ1) is 16.4. The highest BCUT2D eigenvalue weighted by atomic mass is 35.5. The van der Waals surface area contributed by atoms with E-state index >= 15 is 0 Å². The molecule has 34 heavy (non-hydrogen) atoms. The molecule has 4 rings (SSSR count). The average molecular weight is 499 g/mol. The van der Waals surface area contributed by atoms with E-state index < -0.39 is 5.06 Å². The largest absolute Gasteiger partial charge is 0.497 e. The van der Waals surface area contributed by atoms with Crippen molar-refractivity contribution in [2.24, 2.45) is 0 Å². The molecule has 8 heteroatoms. The summed E-state index contributed by atoms with van der Waals surface area (Å²) in [7, 11) is 3.22. The first kappa shape index (κ1) is 24.1. The zero-order chi connectivity index (χ0) is 24.3. The van der Waals surface area contributed by atoms with Crippen molar-refractivity contribution in [2.45, 2.75) is 18.4 Å². The Kier molecular flexibility index (Phi) is 7.12. The van der Waals surface area contributed by atoms with E-state index in [4.69, 9.17) is 42.5 Å². The van der Waals surface area contributed by atoms with Gasteiger partial charge in [0.2, 0.25) is 0 Å². The molecule has 6 nitrogen and oxygen atoms in total. The van der Waals surface area contributed by atoms with Crippen LogP contribution in [0.3, 0.4) is 0 Å². The van der Waals surface area contributed by atoms with Crippen LogP contribution in [0.25, 0.3) is 28.1 Å². The fraction of sp³-hybridized carbons (Fsp3) is 0.231. The summed E-state index contributed by atoms with van der Waals surface area (Å²) in [5, 5.41) is 4.09. The Bertz CT molecular complexity index is 1300. The molecule has 0 radical (unpaired) electrons. The highest BCUT2D eigenvalue weighted by molar-refractivity contribution is 6.34. The Balaban J connectivity index is 1.87. The summed E-state index contributed by atoms with van der Waals surface area (Å²) in [4.78, 5) is 13.2. The zero-order valence-electron chi connectivity index (χ0n) is 19.0. The van der Waals surface area contributed by atoms with Crippen molar-refractivity contribution in [1.82, 2.24) is 9.78 Å². The SMILES string of the molecule is CCOC1(Cl)C=CC(n2nc(-c3ccc(OC)cc3)c(-c3ccc(OC)cc3)cc2=O)=C(Cl)C1. The third-order valence-corrected chi connectivity index (χ3v) is 6.17. The van der Waals surface area contributed by atoms with Gasteiger partial charge in [-0.05, 0) is 61.0 Å². The average Bonchev–Trinajstić information content (AvgIpc) is 2.84. The lowest BCUT2D eigenvalue weighted by Gasteiger charge is -2.27. The van der Waals surface area contributed by atoms with Crippen LogP contribution >= 0.6 is 23.2 Å². The maximum Gasteiger partial charge on any atom is 0.272 e. The van der Waals surface area contributed by atoms with Crippen molar-refractivity contribution in [3.63, 3.8) is 0 Å². The molecule has 1 aliphatic rings. The lowest BCUT2D eigenvalue weighted by molar-refractivity contribution is 0.0643. The molecule has 1 atom stereocenters. The van der Waals surface area contributed by atoms with Gasteiger partial charge in [0.25, 0.3) is 5.56 Å². The molecule has 0 saturated carbocycles. The first-order valence-electron chi connectivity index (χ1n) is 10.7. The Morgan fingerprint density at radius 1 is 1.00 bits per heavy atom. The second kappa shape index (κ2) is 10.1. The summed E-state index contributed by atoms with van der Waals surface area (Å²) in [6, 6.07) is 16.5. The third-order valence-electron chi connectivity index (χ3n) is 5.47. The minimum Gasteiger partial charge on any atom is -0.497 e. The molecule has 3 aromatic rings. The highest BCUT2D eigenvalue weighted by Crippen LogP contribution is 2.37. The molecule has 0 amide bonds. The Hall–Kier alpha value is -3.06. The Morgan fingerprint density at radius 3 is 2.12 bits per heavy atom. The normalized spacial score (nSPS) is 17.7. The summed E-state index contributed by atoms with van der Waals surface area (Å²) in [5.74, 6) is 1.44. The van der Waals surface area contributed by atoms with Crippen molar-refractivity contribution < 1.29 is 14.2 Å². The molecule has 0 saturated heterocycles. The van der Waals surface area contributed by atoms with Crippen LogP contribution in [-0.4, -0.2) is 35.7 Å². The van der Waals surface area contributed by atoms with Gasteiger partial charge in [0.05, 0.1) is 25.6 Å². The predicted octanol–water partition coefficient (Wildman–Crippen LogP) is 5.93. The molecular formula is C26H24Cl2N2O4. The van der Waals surface area contributed by atoms with Gasteiger partial charge in [-0.25, -0.2) is 0 Å². The van der Waals surface area contributed by atoms with Crippen molar-refractivity contribution in [1.29, 1.82) is 0 Å². The maximum absolute atomic E-state index is 13.2. The third kappa shape index (κ3) is 4.89. The number of hydrogen-bond donors (Lipinski definition) is 0. The number of allylic oxidation sites excluding steroid dienone is 2. The fourth-order valence-electron chi connectivity index (χ4n) is 3.76. The molecule has 176 valence electrons. The van der Waals surface area contributed by atoms with E-state index in [2.05, 4.69) is 0 Å². The molecule has 0 fully saturated rings. The fourth-order valence-corrected chi connectivity index (χ4v) is 4.48. The lowest BCUT2D eigenvalue weighted by Crippen LogP contribution is -2.29. The Labute approximate surface area is 208 Å². The van der Waals surface area contributed by atoms with Crippen molar-refractivity contribution in [3.8, 4) is 33.9 Å². The number of rotatable bonds is 7. The van der Waals surface area contributed by atoms with Crippen molar-refractivity contribution in [3.05, 3.63) is 82.1 Å². The van der Waals surface area contributed by atoms with Crippen molar-refractivity contribution >= 4 is 28.9 Å². The molecule has 0 aliphatic heterocycles. The van der Waals surface area contributed by atoms with Crippen LogP contribution in [0.15, 0.2) is 76.6 Å². The summed E-state index contributed by atoms with van der Waals surface area (Å²) in [5.41, 5.74) is 3.09. The molecule has 0 spiro atoms. The van der Waals surface area contributed by atoms with Gasteiger partial charge >= 0.3 is 0 Å². The van der Waals surface area contributed by atoms with Gasteiger partial charge in [0.1, 0.15) is 11.5 Å². The number of nitrogens with zero attached hydrogens (tertiary/aromatic N) is 2. The number of aromatic nitrogens is 2. The van der Waals surface area contributed by atoms with E-state index in [0.717, 1.165) is 22.6 Å². The molecule has 2 aromatic carbocycles. The molecule has 0 N–H and O–H groups in total. The summed E-state index contributed by atoms with van der Waals surface area (Å²) in [6.07, 6.45) is 3.59. The standard InChI is InChI=1S/C26H24Cl2N2O4/c1-4-34-26(28)14-13-23(22(27)16-26)30-24(31)15-21(17-5-9-19(32-2)10-6-17)25(29-30)18-7-11-20(33-3)12-8-18/h5-15H,4,16H2,1-3H3. The maximum atomic E-state index is 13.2. The molecular weight excluding hydrogens is 475 g/mol. The monoisotopic (exact) mass is 498 g/mol. The number of hydrogen-bond acceptors (Lipinski definition) is 5. The van der Waals surface area contributed by atoms with Crippen LogP contribution in [-0.2, 0) is 4.74 Å². The predicted molar refractivity (Wildman–Crippen MR) is 136 cm³/mol. The molecule has 1 heterocycles. The second-order valence-corrected chi connectivity index (χ2v) is 8.73. The van der Waals surface area contributed by atoms with Crippen LogP contribution in [0.2, 0.25) is 0 Å². The Morgan fingerprint density at radius 2 is 1.59 bits per heavy atom. The second-order valence-electron chi connectivity index (χ2n) is 7.63. The van der Waals surface area contributed by atoms with Gasteiger partial charge < -0.3 is 14.2 Å². The summed E-state index contributed by atoms with van der Waals surface area (Å²) in [6.45, 7) is 2.29. The summed E-state index contributed by atoms with van der Waals surface area (Å²) < 4.78 is 17.5. The van der Waals surface area contributed by atoms with E-state index in [1.807, 2.05) is 55.5 Å². The minimum atomic E-state index is -1.04. The first-order valence-corrected chi connectivity index (χ1v) is 11.5. The quantitative estimate of drug-likeness (QED) is 0.377. The van der Waals surface area contributed by atoms with E-state index in [-0.39, 0.29) is 12.0 Å². The van der Waals surface area contributed by atoms with Crippen molar-refractivity contribution in [2.75, 3.05) is 20.8 Å². The van der Waals surface area contributed by atoms with Gasteiger partial charge in [-0.3, -0.25) is 4.79 Å². The van der Waals surface area contributed by atoms with Gasteiger partial charge in [-0.2, -0.15) is 9.78 Å². The number of alkyl halides is 1. The van der Waals surface area contributed by atoms with Gasteiger partial charge in [0, 0.05) is 35.3 Å². The number of ether oxygens (including phenoxy) is 3. The van der Waals surface area contributed by atoms with Crippen LogP contribution in [0.1, 0.15) is 13.3 Å². The van der Waals surface area contributed by atoms with E-state index in [1.54, 1.807) is 32.4 Å². The van der Waals surface area contributed by atoms with E-state index in [0.29, 0.717) is 28.6 Å². The van der Waals surface area contributed by atoms with Gasteiger partial charge in [-0.15, -0.1) is 0 Å². The van der Waals surface area contributed by atoms with Gasteiger partial charge in [0.15, 0.2) is 5.06 Å². The minimum absolute atomic E-state index is 0.224. The number of halogens is 2. The van der Waals surface area contributed by atoms with Crippen LogP contribution in [0.4, 0.5) is 0 Å². The van der Waals surface area contributed by atoms with Crippen LogP contribution < -0.4 is 15.0 Å². The molecule has 1 unspecified atom stereocenters. The highest BCUT2D eigenvalue weighted by Gasteiger charge is 2.31. The topological polar surface area (TPSA) is 62.6 Å². The lowest BCUT2D eigenvalue weighted by atomic mass is 9.99. The zero-order valence-corrected chi connectivity index (χ0v) is 20.6. The number of benzene rings is 2. The van der Waals surface area contributed by atoms with E-state index in [9.17, 15) is 4.79 Å². The smallest absolute Gasteiger partial charge is 0.272 e. The molecule has 0 bridgehead atoms. The molecule has 1 aromatic heterocycles.